The first-order valence-corrected chi connectivity index (χ1v) is 7.51. The molecule has 0 saturated carbocycles. The second kappa shape index (κ2) is 7.29. The molecule has 0 radical (unpaired) electrons. The van der Waals surface area contributed by atoms with Gasteiger partial charge in [-0.1, -0.05) is 32.0 Å². The number of hydrogen-bond donors (Lipinski definition) is 1. The number of pyridine rings is 1. The molecule has 0 aliphatic heterocycles. The average molecular weight is 335 g/mol. The molecule has 1 N–H and O–H groups in total. The Morgan fingerprint density at radius 3 is 2.70 bits per heavy atom. The molecule has 1 aromatic heterocycles. The number of benzene rings is 1. The standard InChI is InChI=1S/C16H19BrN2O/c1-12(2)11-20-15-8-4-3-7-14(15)18-10-13-6-5-9-16(17)19-13/h3-9,12,18H,10-11H2,1-2H3. The molecule has 2 rings (SSSR count). The van der Waals surface area contributed by atoms with E-state index in [4.69, 9.17) is 4.74 Å². The molecule has 4 heteroatoms. The van der Waals surface area contributed by atoms with E-state index in [2.05, 4.69) is 40.1 Å². The first-order valence-electron chi connectivity index (χ1n) is 6.72. The van der Waals surface area contributed by atoms with Gasteiger partial charge in [0.2, 0.25) is 0 Å². The van der Waals surface area contributed by atoms with Gasteiger partial charge < -0.3 is 10.1 Å². The van der Waals surface area contributed by atoms with Crippen molar-refractivity contribution < 1.29 is 4.74 Å². The van der Waals surface area contributed by atoms with Gasteiger partial charge >= 0.3 is 0 Å². The van der Waals surface area contributed by atoms with Crippen LogP contribution in [0.5, 0.6) is 5.75 Å². The first-order chi connectivity index (χ1) is 9.65. The third-order valence-electron chi connectivity index (χ3n) is 2.69. The van der Waals surface area contributed by atoms with Crippen LogP contribution in [0, 0.1) is 5.92 Å². The summed E-state index contributed by atoms with van der Waals surface area (Å²) in [5.41, 5.74) is 1.98. The SMILES string of the molecule is CC(C)COc1ccccc1NCc1cccc(Br)n1. The fourth-order valence-corrected chi connectivity index (χ4v) is 2.11. The van der Waals surface area contributed by atoms with Crippen LogP contribution >= 0.6 is 15.9 Å². The Morgan fingerprint density at radius 1 is 1.15 bits per heavy atom. The van der Waals surface area contributed by atoms with Gasteiger partial charge in [-0.3, -0.25) is 0 Å². The molecule has 1 aromatic carbocycles. The van der Waals surface area contributed by atoms with E-state index < -0.39 is 0 Å². The molecular weight excluding hydrogens is 316 g/mol. The molecule has 20 heavy (non-hydrogen) atoms. The van der Waals surface area contributed by atoms with Gasteiger partial charge in [0.05, 0.1) is 24.5 Å². The summed E-state index contributed by atoms with van der Waals surface area (Å²) >= 11 is 3.38. The van der Waals surface area contributed by atoms with Crippen molar-refractivity contribution in [3.63, 3.8) is 0 Å². The number of anilines is 1. The summed E-state index contributed by atoms with van der Waals surface area (Å²) in [6.45, 7) is 5.66. The van der Waals surface area contributed by atoms with E-state index in [1.54, 1.807) is 0 Å². The van der Waals surface area contributed by atoms with Gasteiger partial charge in [0.15, 0.2) is 0 Å². The Balaban J connectivity index is 2.02. The highest BCUT2D eigenvalue weighted by Crippen LogP contribution is 2.24. The van der Waals surface area contributed by atoms with Crippen molar-refractivity contribution >= 4 is 21.6 Å². The van der Waals surface area contributed by atoms with E-state index in [9.17, 15) is 0 Å². The topological polar surface area (TPSA) is 34.1 Å². The van der Waals surface area contributed by atoms with E-state index in [0.29, 0.717) is 19.1 Å². The van der Waals surface area contributed by atoms with E-state index in [1.165, 1.54) is 0 Å². The van der Waals surface area contributed by atoms with Crippen LogP contribution in [0.4, 0.5) is 5.69 Å². The fourth-order valence-electron chi connectivity index (χ4n) is 1.73. The number of ether oxygens (including phenoxy) is 1. The van der Waals surface area contributed by atoms with E-state index in [0.717, 1.165) is 21.7 Å². The molecule has 0 amide bonds. The average Bonchev–Trinajstić information content (AvgIpc) is 2.44. The van der Waals surface area contributed by atoms with Gasteiger partial charge in [0, 0.05) is 0 Å². The normalized spacial score (nSPS) is 10.6. The third-order valence-corrected chi connectivity index (χ3v) is 3.13. The van der Waals surface area contributed by atoms with Crippen molar-refractivity contribution in [1.29, 1.82) is 0 Å². The van der Waals surface area contributed by atoms with Gasteiger partial charge in [-0.2, -0.15) is 0 Å². The maximum atomic E-state index is 5.82. The molecule has 1 heterocycles. The lowest BCUT2D eigenvalue weighted by Crippen LogP contribution is -2.08. The maximum absolute atomic E-state index is 5.82. The Hall–Kier alpha value is -1.55. The summed E-state index contributed by atoms with van der Waals surface area (Å²) in [4.78, 5) is 4.41. The quantitative estimate of drug-likeness (QED) is 0.790. The molecule has 3 nitrogen and oxygen atoms in total. The van der Waals surface area contributed by atoms with Crippen molar-refractivity contribution in [2.75, 3.05) is 11.9 Å². The van der Waals surface area contributed by atoms with Crippen LogP contribution in [-0.4, -0.2) is 11.6 Å². The second-order valence-electron chi connectivity index (χ2n) is 5.01. The predicted octanol–water partition coefficient (Wildman–Crippen LogP) is 4.49. The lowest BCUT2D eigenvalue weighted by molar-refractivity contribution is 0.272. The summed E-state index contributed by atoms with van der Waals surface area (Å²) in [6, 6.07) is 13.9. The summed E-state index contributed by atoms with van der Waals surface area (Å²) in [5, 5.41) is 3.37. The number of aromatic nitrogens is 1. The molecule has 106 valence electrons. The van der Waals surface area contributed by atoms with Gasteiger partial charge in [-0.25, -0.2) is 4.98 Å². The smallest absolute Gasteiger partial charge is 0.142 e. The maximum Gasteiger partial charge on any atom is 0.142 e. The molecule has 0 bridgehead atoms. The van der Waals surface area contributed by atoms with Crippen molar-refractivity contribution in [3.8, 4) is 5.75 Å². The molecule has 0 aliphatic carbocycles. The van der Waals surface area contributed by atoms with E-state index in [1.807, 2.05) is 42.5 Å². The molecule has 0 fully saturated rings. The number of nitrogens with zero attached hydrogens (tertiary/aromatic N) is 1. The molecule has 0 saturated heterocycles. The molecule has 0 aliphatic rings. The molecule has 0 unspecified atom stereocenters. The summed E-state index contributed by atoms with van der Waals surface area (Å²) in [7, 11) is 0. The lowest BCUT2D eigenvalue weighted by Gasteiger charge is -2.14. The number of hydrogen-bond acceptors (Lipinski definition) is 3. The van der Waals surface area contributed by atoms with Gasteiger partial charge in [-0.15, -0.1) is 0 Å². The van der Waals surface area contributed by atoms with Crippen LogP contribution in [0.1, 0.15) is 19.5 Å². The second-order valence-corrected chi connectivity index (χ2v) is 5.82. The fraction of sp³-hybridized carbons (Fsp3) is 0.312. The minimum atomic E-state index is 0.509. The predicted molar refractivity (Wildman–Crippen MR) is 86.0 cm³/mol. The van der Waals surface area contributed by atoms with Gasteiger partial charge in [0.25, 0.3) is 0 Å². The van der Waals surface area contributed by atoms with Crippen molar-refractivity contribution in [3.05, 3.63) is 52.8 Å². The molecule has 0 spiro atoms. The van der Waals surface area contributed by atoms with Crippen LogP contribution < -0.4 is 10.1 Å². The van der Waals surface area contributed by atoms with Gasteiger partial charge in [0.1, 0.15) is 10.4 Å². The zero-order valence-electron chi connectivity index (χ0n) is 11.8. The molecule has 2 aromatic rings. The summed E-state index contributed by atoms with van der Waals surface area (Å²) < 4.78 is 6.67. The Bertz CT molecular complexity index is 558. The Morgan fingerprint density at radius 2 is 1.95 bits per heavy atom. The summed E-state index contributed by atoms with van der Waals surface area (Å²) in [5.74, 6) is 1.39. The van der Waals surface area contributed by atoms with Gasteiger partial charge in [-0.05, 0) is 46.1 Å². The summed E-state index contributed by atoms with van der Waals surface area (Å²) in [6.07, 6.45) is 0. The highest BCUT2D eigenvalue weighted by Gasteiger charge is 2.04. The number of rotatable bonds is 6. The van der Waals surface area contributed by atoms with Crippen LogP contribution in [0.25, 0.3) is 0 Å². The largest absolute Gasteiger partial charge is 0.491 e. The minimum Gasteiger partial charge on any atom is -0.491 e. The number of nitrogens with one attached hydrogen (secondary N) is 1. The third kappa shape index (κ3) is 4.53. The number of para-hydroxylation sites is 2. The van der Waals surface area contributed by atoms with E-state index in [-0.39, 0.29) is 0 Å². The zero-order chi connectivity index (χ0) is 14.4. The first kappa shape index (κ1) is 14.9. The van der Waals surface area contributed by atoms with Crippen LogP contribution in [-0.2, 0) is 6.54 Å². The van der Waals surface area contributed by atoms with Crippen molar-refractivity contribution in [2.45, 2.75) is 20.4 Å². The Kier molecular flexibility index (Phi) is 5.41. The highest BCUT2D eigenvalue weighted by atomic mass is 79.9. The highest BCUT2D eigenvalue weighted by molar-refractivity contribution is 9.10. The minimum absolute atomic E-state index is 0.509. The van der Waals surface area contributed by atoms with Crippen LogP contribution in [0.2, 0.25) is 0 Å². The number of halogens is 1. The zero-order valence-corrected chi connectivity index (χ0v) is 13.4. The molecular formula is C16H19BrN2O. The van der Waals surface area contributed by atoms with Crippen molar-refractivity contribution in [2.24, 2.45) is 5.92 Å². The molecule has 0 atom stereocenters. The lowest BCUT2D eigenvalue weighted by atomic mass is 10.2. The Labute approximate surface area is 128 Å². The monoisotopic (exact) mass is 334 g/mol. The van der Waals surface area contributed by atoms with Crippen molar-refractivity contribution in [1.82, 2.24) is 4.98 Å². The van der Waals surface area contributed by atoms with Crippen LogP contribution in [0.3, 0.4) is 0 Å². The van der Waals surface area contributed by atoms with Crippen LogP contribution in [0.15, 0.2) is 47.1 Å². The van der Waals surface area contributed by atoms with E-state index >= 15 is 0 Å².